The van der Waals surface area contributed by atoms with E-state index in [0.717, 1.165) is 6.07 Å². The molecule has 0 aliphatic carbocycles. The molecular weight excluding hydrogens is 462 g/mol. The van der Waals surface area contributed by atoms with E-state index in [1.54, 1.807) is 4.90 Å². The molecule has 13 heteroatoms. The first kappa shape index (κ1) is 26.0. The molecule has 1 aromatic carbocycles. The average molecular weight is 488 g/mol. The van der Waals surface area contributed by atoms with Gasteiger partial charge in [0.2, 0.25) is 11.8 Å². The zero-order chi connectivity index (χ0) is 25.7. The average Bonchev–Trinajstić information content (AvgIpc) is 3.11. The molecule has 2 saturated heterocycles. The fourth-order valence-electron chi connectivity index (χ4n) is 3.95. The third kappa shape index (κ3) is 6.48. The predicted octanol–water partition coefficient (Wildman–Crippen LogP) is 0.367. The van der Waals surface area contributed by atoms with Crippen molar-refractivity contribution in [3.05, 3.63) is 29.6 Å². The summed E-state index contributed by atoms with van der Waals surface area (Å²) in [6, 6.07) is 5.20. The Morgan fingerprint density at radius 1 is 1.37 bits per heavy atom. The van der Waals surface area contributed by atoms with Crippen molar-refractivity contribution in [2.24, 2.45) is 5.92 Å². The van der Waals surface area contributed by atoms with Crippen LogP contribution in [0.25, 0.3) is 0 Å². The van der Waals surface area contributed by atoms with E-state index in [1.165, 1.54) is 12.1 Å². The minimum atomic E-state index is -1.25. The molecule has 2 aliphatic rings. The second-order valence-electron chi connectivity index (χ2n) is 8.83. The Kier molecular flexibility index (Phi) is 8.29. The standard InChI is InChI=1S/C22H26BFN4O7/c1-12(2)7-18(23-34-17(9-20(30)31)22(33)35-23)27-19(29)11-26-21(32)16-5-6-28(16)15-4-3-13(10-25)8-14(15)24/h3-4,8,12,16-18H,5-7,9,11H2,1-2H3,(H,26,32)(H,27,29)(H,30,31)/t16-,17-,18-/m0/s1. The van der Waals surface area contributed by atoms with Gasteiger partial charge in [-0.25, -0.2) is 4.39 Å². The highest BCUT2D eigenvalue weighted by Gasteiger charge is 2.46. The number of carboxylic acid groups (broad SMARTS) is 1. The molecule has 11 nitrogen and oxygen atoms in total. The number of hydrogen-bond donors (Lipinski definition) is 3. The van der Waals surface area contributed by atoms with E-state index < -0.39 is 61.2 Å². The summed E-state index contributed by atoms with van der Waals surface area (Å²) >= 11 is 0. The first-order chi connectivity index (χ1) is 16.6. The van der Waals surface area contributed by atoms with Gasteiger partial charge in [-0.15, -0.1) is 0 Å². The van der Waals surface area contributed by atoms with E-state index in [9.17, 15) is 23.6 Å². The molecule has 3 atom stereocenters. The van der Waals surface area contributed by atoms with Gasteiger partial charge in [0.1, 0.15) is 11.9 Å². The van der Waals surface area contributed by atoms with Gasteiger partial charge in [-0.3, -0.25) is 19.2 Å². The van der Waals surface area contributed by atoms with Crippen LogP contribution in [0.4, 0.5) is 10.1 Å². The summed E-state index contributed by atoms with van der Waals surface area (Å²) in [5.74, 6) is -4.30. The van der Waals surface area contributed by atoms with E-state index in [1.807, 2.05) is 19.9 Å². The first-order valence-corrected chi connectivity index (χ1v) is 11.2. The summed E-state index contributed by atoms with van der Waals surface area (Å²) in [7, 11) is -1.14. The third-order valence-corrected chi connectivity index (χ3v) is 5.69. The van der Waals surface area contributed by atoms with Crippen molar-refractivity contribution >= 4 is 36.6 Å². The minimum Gasteiger partial charge on any atom is -0.506 e. The number of carbonyl (C=O) groups is 4. The smallest absolute Gasteiger partial charge is 0.506 e. The number of anilines is 1. The van der Waals surface area contributed by atoms with Crippen molar-refractivity contribution in [1.82, 2.24) is 10.6 Å². The number of amides is 2. The summed E-state index contributed by atoms with van der Waals surface area (Å²) in [5.41, 5.74) is 0.375. The van der Waals surface area contributed by atoms with E-state index in [4.69, 9.17) is 19.7 Å². The summed E-state index contributed by atoms with van der Waals surface area (Å²) in [4.78, 5) is 49.5. The number of carbonyl (C=O) groups excluding carboxylic acids is 3. The van der Waals surface area contributed by atoms with Crippen molar-refractivity contribution in [1.29, 1.82) is 5.26 Å². The Hall–Kier alpha value is -3.66. The molecule has 2 fully saturated rings. The highest BCUT2D eigenvalue weighted by Crippen LogP contribution is 2.29. The SMILES string of the molecule is CC(C)C[C@H](NC(=O)CNC(=O)[C@@H]1CCN1c1ccc(C#N)cc1F)B1OC(=O)[C@H](CC(=O)O)O1. The number of halogens is 1. The van der Waals surface area contributed by atoms with Crippen molar-refractivity contribution in [2.45, 2.75) is 51.2 Å². The van der Waals surface area contributed by atoms with Crippen LogP contribution in [-0.2, 0) is 28.5 Å². The van der Waals surface area contributed by atoms with Crippen LogP contribution in [0.15, 0.2) is 18.2 Å². The predicted molar refractivity (Wildman–Crippen MR) is 120 cm³/mol. The molecule has 0 unspecified atom stereocenters. The number of rotatable bonds is 10. The zero-order valence-corrected chi connectivity index (χ0v) is 19.3. The van der Waals surface area contributed by atoms with Gasteiger partial charge in [0.05, 0.1) is 36.2 Å². The second kappa shape index (κ2) is 11.2. The molecule has 0 bridgehead atoms. The molecular formula is C22H26BFN4O7. The van der Waals surface area contributed by atoms with Gasteiger partial charge < -0.3 is 29.9 Å². The van der Waals surface area contributed by atoms with Crippen LogP contribution >= 0.6 is 0 Å². The summed E-state index contributed by atoms with van der Waals surface area (Å²) in [5, 5.41) is 23.0. The zero-order valence-electron chi connectivity index (χ0n) is 19.3. The Labute approximate surface area is 201 Å². The molecule has 0 saturated carbocycles. The van der Waals surface area contributed by atoms with E-state index in [2.05, 4.69) is 10.6 Å². The molecule has 3 N–H and O–H groups in total. The monoisotopic (exact) mass is 488 g/mol. The normalized spacial score (nSPS) is 20.0. The van der Waals surface area contributed by atoms with Crippen molar-refractivity contribution in [3.63, 3.8) is 0 Å². The number of aliphatic carboxylic acids is 1. The van der Waals surface area contributed by atoms with Gasteiger partial charge in [0.15, 0.2) is 6.10 Å². The van der Waals surface area contributed by atoms with E-state index >= 15 is 0 Å². The first-order valence-electron chi connectivity index (χ1n) is 11.2. The lowest BCUT2D eigenvalue weighted by Crippen LogP contribution is -2.58. The molecule has 35 heavy (non-hydrogen) atoms. The topological polar surface area (TPSA) is 158 Å². The fourth-order valence-corrected chi connectivity index (χ4v) is 3.95. The quantitative estimate of drug-likeness (QED) is 0.396. The van der Waals surface area contributed by atoms with Gasteiger partial charge in [-0.1, -0.05) is 13.8 Å². The van der Waals surface area contributed by atoms with Crippen molar-refractivity contribution in [2.75, 3.05) is 18.0 Å². The summed E-state index contributed by atoms with van der Waals surface area (Å²) in [6.45, 7) is 3.86. The van der Waals surface area contributed by atoms with Gasteiger partial charge in [-0.2, -0.15) is 5.26 Å². The Balaban J connectivity index is 1.55. The summed E-state index contributed by atoms with van der Waals surface area (Å²) in [6.07, 6.45) is -0.951. The molecule has 0 aromatic heterocycles. The van der Waals surface area contributed by atoms with Gasteiger partial charge in [0.25, 0.3) is 0 Å². The van der Waals surface area contributed by atoms with Crippen LogP contribution in [0.5, 0.6) is 0 Å². The maximum absolute atomic E-state index is 14.3. The van der Waals surface area contributed by atoms with Crippen molar-refractivity contribution in [3.8, 4) is 6.07 Å². The lowest BCUT2D eigenvalue weighted by atomic mass is 9.74. The Morgan fingerprint density at radius 2 is 2.11 bits per heavy atom. The molecule has 2 heterocycles. The number of nitrogens with one attached hydrogen (secondary N) is 2. The summed E-state index contributed by atoms with van der Waals surface area (Å²) < 4.78 is 24.9. The van der Waals surface area contributed by atoms with Crippen LogP contribution in [0.1, 0.15) is 38.7 Å². The molecule has 2 aliphatic heterocycles. The highest BCUT2D eigenvalue weighted by molar-refractivity contribution is 6.51. The Bertz CT molecular complexity index is 1050. The van der Waals surface area contributed by atoms with Crippen LogP contribution in [0.3, 0.4) is 0 Å². The van der Waals surface area contributed by atoms with E-state index in [0.29, 0.717) is 19.4 Å². The molecule has 2 amide bonds. The third-order valence-electron chi connectivity index (χ3n) is 5.69. The van der Waals surface area contributed by atoms with Crippen LogP contribution in [0.2, 0.25) is 0 Å². The lowest BCUT2D eigenvalue weighted by molar-refractivity contribution is -0.145. The van der Waals surface area contributed by atoms with Crippen LogP contribution in [0, 0.1) is 23.1 Å². The number of nitriles is 1. The second-order valence-corrected chi connectivity index (χ2v) is 8.83. The molecule has 0 radical (unpaired) electrons. The number of hydrogen-bond acceptors (Lipinski definition) is 8. The van der Waals surface area contributed by atoms with Gasteiger partial charge in [0, 0.05) is 6.54 Å². The maximum Gasteiger partial charge on any atom is 0.552 e. The molecule has 186 valence electrons. The van der Waals surface area contributed by atoms with Crippen LogP contribution < -0.4 is 15.5 Å². The lowest BCUT2D eigenvalue weighted by Gasteiger charge is -2.41. The van der Waals surface area contributed by atoms with Crippen molar-refractivity contribution < 1.29 is 38.0 Å². The number of nitrogens with zero attached hydrogens (tertiary/aromatic N) is 2. The van der Waals surface area contributed by atoms with Gasteiger partial charge >= 0.3 is 19.1 Å². The highest BCUT2D eigenvalue weighted by atomic mass is 19.1. The molecule has 0 spiro atoms. The van der Waals surface area contributed by atoms with E-state index in [-0.39, 0.29) is 23.7 Å². The Morgan fingerprint density at radius 3 is 2.69 bits per heavy atom. The molecule has 1 aromatic rings. The van der Waals surface area contributed by atoms with Gasteiger partial charge in [-0.05, 0) is 37.0 Å². The number of benzene rings is 1. The van der Waals surface area contributed by atoms with Crippen LogP contribution in [-0.4, -0.2) is 67.2 Å². The molecule has 3 rings (SSSR count). The minimum absolute atomic E-state index is 0.0848. The number of carboxylic acids is 1. The maximum atomic E-state index is 14.3. The largest absolute Gasteiger partial charge is 0.552 e. The fraction of sp³-hybridized carbons (Fsp3) is 0.500.